The average Bonchev–Trinajstić information content (AvgIpc) is 3.40. The van der Waals surface area contributed by atoms with Crippen LogP contribution in [0.25, 0.3) is 10.9 Å². The van der Waals surface area contributed by atoms with E-state index < -0.39 is 0 Å². The molecule has 0 unspecified atom stereocenters. The van der Waals surface area contributed by atoms with E-state index in [2.05, 4.69) is 39.5 Å². The highest BCUT2D eigenvalue weighted by Gasteiger charge is 2.15. The Morgan fingerprint density at radius 1 is 1.04 bits per heavy atom. The van der Waals surface area contributed by atoms with Crippen LogP contribution >= 0.6 is 11.3 Å². The number of aromatic nitrogens is 2. The SMILES string of the molecule is c1cc2[nH]c(CN3CCCC3)cc2cc1CNCc1nc2c(s1)CCCC2. The number of hydrogen-bond acceptors (Lipinski definition) is 4. The third-order valence-corrected chi connectivity index (χ3v) is 6.99. The van der Waals surface area contributed by atoms with E-state index >= 15 is 0 Å². The highest BCUT2D eigenvalue weighted by molar-refractivity contribution is 7.11. The topological polar surface area (TPSA) is 44.0 Å². The standard InChI is InChI=1S/C22H28N4S/c1-2-6-21-20(5-1)25-22(27-21)14-23-13-16-7-8-19-17(11-16)12-18(24-19)15-26-9-3-4-10-26/h7-8,11-12,23-24H,1-6,9-10,13-15H2. The Morgan fingerprint density at radius 3 is 2.81 bits per heavy atom. The van der Waals surface area contributed by atoms with E-state index in [1.165, 1.54) is 89.4 Å². The minimum atomic E-state index is 0.878. The van der Waals surface area contributed by atoms with Crippen molar-refractivity contribution in [2.24, 2.45) is 0 Å². The Balaban J connectivity index is 1.20. The summed E-state index contributed by atoms with van der Waals surface area (Å²) in [4.78, 5) is 12.5. The van der Waals surface area contributed by atoms with Crippen LogP contribution in [0.1, 0.15) is 52.5 Å². The molecule has 3 aromatic rings. The molecular weight excluding hydrogens is 352 g/mol. The first-order valence-electron chi connectivity index (χ1n) is 10.3. The van der Waals surface area contributed by atoms with Crippen molar-refractivity contribution >= 4 is 22.2 Å². The molecule has 1 saturated heterocycles. The fourth-order valence-corrected chi connectivity index (χ4v) is 5.54. The zero-order valence-corrected chi connectivity index (χ0v) is 16.7. The number of hydrogen-bond donors (Lipinski definition) is 2. The van der Waals surface area contributed by atoms with Crippen LogP contribution in [-0.4, -0.2) is 28.0 Å². The Hall–Kier alpha value is -1.69. The zero-order valence-electron chi connectivity index (χ0n) is 15.9. The Kier molecular flexibility index (Phi) is 4.99. The van der Waals surface area contributed by atoms with Gasteiger partial charge in [0.2, 0.25) is 0 Å². The van der Waals surface area contributed by atoms with Crippen LogP contribution < -0.4 is 5.32 Å². The lowest BCUT2D eigenvalue weighted by Crippen LogP contribution is -2.18. The molecule has 0 spiro atoms. The molecule has 2 aromatic heterocycles. The van der Waals surface area contributed by atoms with Crippen LogP contribution in [0.15, 0.2) is 24.3 Å². The number of likely N-dealkylation sites (tertiary alicyclic amines) is 1. The third kappa shape index (κ3) is 3.96. The molecule has 0 saturated carbocycles. The van der Waals surface area contributed by atoms with Gasteiger partial charge in [-0.05, 0) is 75.4 Å². The van der Waals surface area contributed by atoms with Gasteiger partial charge in [-0.2, -0.15) is 0 Å². The lowest BCUT2D eigenvalue weighted by Gasteiger charge is -2.12. The lowest BCUT2D eigenvalue weighted by atomic mass is 10.0. The zero-order chi connectivity index (χ0) is 18.1. The summed E-state index contributed by atoms with van der Waals surface area (Å²) in [6.07, 6.45) is 7.74. The lowest BCUT2D eigenvalue weighted by molar-refractivity contribution is 0.328. The molecule has 0 bridgehead atoms. The number of aryl methyl sites for hydroxylation is 2. The normalized spacial score (nSPS) is 17.6. The van der Waals surface area contributed by atoms with E-state index in [0.717, 1.165) is 19.6 Å². The molecule has 5 heteroatoms. The van der Waals surface area contributed by atoms with Gasteiger partial charge < -0.3 is 10.3 Å². The Bertz CT molecular complexity index is 896. The second-order valence-electron chi connectivity index (χ2n) is 7.99. The van der Waals surface area contributed by atoms with E-state index in [9.17, 15) is 0 Å². The van der Waals surface area contributed by atoms with Crippen LogP contribution in [-0.2, 0) is 32.5 Å². The van der Waals surface area contributed by atoms with Crippen molar-refractivity contribution in [2.75, 3.05) is 13.1 Å². The van der Waals surface area contributed by atoms with Crippen molar-refractivity contribution in [1.82, 2.24) is 20.2 Å². The smallest absolute Gasteiger partial charge is 0.107 e. The number of aromatic amines is 1. The van der Waals surface area contributed by atoms with E-state index in [-0.39, 0.29) is 0 Å². The largest absolute Gasteiger partial charge is 0.357 e. The Labute approximate surface area is 165 Å². The fraction of sp³-hybridized carbons (Fsp3) is 0.500. The molecule has 1 aliphatic carbocycles. The number of nitrogens with zero attached hydrogens (tertiary/aromatic N) is 2. The number of thiazole rings is 1. The predicted molar refractivity (Wildman–Crippen MR) is 112 cm³/mol. The van der Waals surface area contributed by atoms with Crippen LogP contribution in [0.2, 0.25) is 0 Å². The second-order valence-corrected chi connectivity index (χ2v) is 9.16. The van der Waals surface area contributed by atoms with Gasteiger partial charge in [-0.25, -0.2) is 4.98 Å². The Morgan fingerprint density at radius 2 is 1.93 bits per heavy atom. The molecule has 0 atom stereocenters. The van der Waals surface area contributed by atoms with Crippen molar-refractivity contribution in [3.8, 4) is 0 Å². The van der Waals surface area contributed by atoms with Crippen molar-refractivity contribution in [3.63, 3.8) is 0 Å². The minimum Gasteiger partial charge on any atom is -0.357 e. The van der Waals surface area contributed by atoms with Crippen LogP contribution in [0.5, 0.6) is 0 Å². The number of H-pyrrole nitrogens is 1. The van der Waals surface area contributed by atoms with Crippen molar-refractivity contribution in [2.45, 2.75) is 58.2 Å². The van der Waals surface area contributed by atoms with E-state index in [1.807, 2.05) is 11.3 Å². The maximum atomic E-state index is 4.83. The first-order chi connectivity index (χ1) is 13.3. The van der Waals surface area contributed by atoms with Gasteiger partial charge in [0, 0.05) is 41.1 Å². The second kappa shape index (κ2) is 7.74. The van der Waals surface area contributed by atoms with Crippen molar-refractivity contribution < 1.29 is 0 Å². The molecule has 1 aromatic carbocycles. The molecule has 0 radical (unpaired) electrons. The van der Waals surface area contributed by atoms with Gasteiger partial charge in [0.15, 0.2) is 0 Å². The molecular formula is C22H28N4S. The summed E-state index contributed by atoms with van der Waals surface area (Å²) in [6, 6.07) is 9.10. The van der Waals surface area contributed by atoms with Crippen LogP contribution in [0, 0.1) is 0 Å². The van der Waals surface area contributed by atoms with Gasteiger partial charge in [-0.1, -0.05) is 6.07 Å². The summed E-state index contributed by atoms with van der Waals surface area (Å²) >= 11 is 1.91. The van der Waals surface area contributed by atoms with Gasteiger partial charge in [0.05, 0.1) is 5.69 Å². The molecule has 27 heavy (non-hydrogen) atoms. The number of rotatable bonds is 6. The van der Waals surface area contributed by atoms with E-state index in [4.69, 9.17) is 4.98 Å². The molecule has 4 nitrogen and oxygen atoms in total. The van der Waals surface area contributed by atoms with Gasteiger partial charge in [0.25, 0.3) is 0 Å². The molecule has 1 aliphatic heterocycles. The molecule has 1 fully saturated rings. The van der Waals surface area contributed by atoms with E-state index in [1.54, 1.807) is 0 Å². The third-order valence-electron chi connectivity index (χ3n) is 5.83. The van der Waals surface area contributed by atoms with Gasteiger partial charge >= 0.3 is 0 Å². The summed E-state index contributed by atoms with van der Waals surface area (Å²) in [5.41, 5.74) is 5.30. The maximum Gasteiger partial charge on any atom is 0.107 e. The number of benzene rings is 1. The summed E-state index contributed by atoms with van der Waals surface area (Å²) in [5.74, 6) is 0. The predicted octanol–water partition coefficient (Wildman–Crippen LogP) is 4.39. The van der Waals surface area contributed by atoms with Crippen molar-refractivity contribution in [3.05, 3.63) is 51.1 Å². The molecule has 2 aliphatic rings. The first-order valence-corrected chi connectivity index (χ1v) is 11.2. The van der Waals surface area contributed by atoms with E-state index in [0.29, 0.717) is 0 Å². The van der Waals surface area contributed by atoms with Crippen LogP contribution in [0.4, 0.5) is 0 Å². The number of fused-ring (bicyclic) bond motifs is 2. The minimum absolute atomic E-state index is 0.878. The summed E-state index contributed by atoms with van der Waals surface area (Å²) in [7, 11) is 0. The number of nitrogens with one attached hydrogen (secondary N) is 2. The summed E-state index contributed by atoms with van der Waals surface area (Å²) in [5, 5.41) is 6.16. The van der Waals surface area contributed by atoms with Crippen LogP contribution in [0.3, 0.4) is 0 Å². The average molecular weight is 381 g/mol. The highest BCUT2D eigenvalue weighted by Crippen LogP contribution is 2.26. The molecule has 0 amide bonds. The molecule has 3 heterocycles. The molecule has 142 valence electrons. The maximum absolute atomic E-state index is 4.83. The molecule has 5 rings (SSSR count). The monoisotopic (exact) mass is 380 g/mol. The summed E-state index contributed by atoms with van der Waals surface area (Å²) in [6.45, 7) is 5.31. The fourth-order valence-electron chi connectivity index (χ4n) is 4.41. The van der Waals surface area contributed by atoms with Gasteiger partial charge in [-0.15, -0.1) is 11.3 Å². The summed E-state index contributed by atoms with van der Waals surface area (Å²) < 4.78 is 0. The van der Waals surface area contributed by atoms with Gasteiger partial charge in [0.1, 0.15) is 5.01 Å². The van der Waals surface area contributed by atoms with Crippen molar-refractivity contribution in [1.29, 1.82) is 0 Å². The first kappa shape index (κ1) is 17.4. The highest BCUT2D eigenvalue weighted by atomic mass is 32.1. The quantitative estimate of drug-likeness (QED) is 0.667. The molecule has 2 N–H and O–H groups in total. The van der Waals surface area contributed by atoms with Gasteiger partial charge in [-0.3, -0.25) is 4.90 Å².